The fraction of sp³-hybridized carbons (Fsp3) is 0.750. The van der Waals surface area contributed by atoms with Crippen LogP contribution in [0.2, 0.25) is 0 Å². The van der Waals surface area contributed by atoms with Gasteiger partial charge in [-0.3, -0.25) is 4.68 Å². The fourth-order valence-corrected chi connectivity index (χ4v) is 4.10. The zero-order valence-electron chi connectivity index (χ0n) is 11.9. The van der Waals surface area contributed by atoms with E-state index in [0.29, 0.717) is 25.6 Å². The van der Waals surface area contributed by atoms with Gasteiger partial charge in [-0.05, 0) is 45.2 Å². The Morgan fingerprint density at radius 2 is 2.00 bits per heavy atom. The Morgan fingerprint density at radius 3 is 2.50 bits per heavy atom. The van der Waals surface area contributed by atoms with Crippen molar-refractivity contribution in [2.24, 2.45) is 11.7 Å². The van der Waals surface area contributed by atoms with E-state index >= 15 is 0 Å². The average molecular weight is 323 g/mol. The van der Waals surface area contributed by atoms with E-state index in [1.54, 1.807) is 21.3 Å². The summed E-state index contributed by atoms with van der Waals surface area (Å²) >= 11 is 0. The molecule has 1 aromatic heterocycles. The molecule has 116 valence electrons. The number of halogens is 1. The summed E-state index contributed by atoms with van der Waals surface area (Å²) in [4.78, 5) is 0. The number of nitrogens with two attached hydrogens (primary N) is 1. The monoisotopic (exact) mass is 322 g/mol. The molecule has 6 nitrogen and oxygen atoms in total. The van der Waals surface area contributed by atoms with Gasteiger partial charge in [-0.15, -0.1) is 12.4 Å². The summed E-state index contributed by atoms with van der Waals surface area (Å²) in [6.45, 7) is 5.58. The van der Waals surface area contributed by atoms with Crippen LogP contribution in [0.3, 0.4) is 0 Å². The summed E-state index contributed by atoms with van der Waals surface area (Å²) < 4.78 is 28.3. The summed E-state index contributed by atoms with van der Waals surface area (Å²) in [7, 11) is -3.43. The third-order valence-electron chi connectivity index (χ3n) is 3.63. The molecule has 1 aliphatic heterocycles. The molecule has 2 rings (SSSR count). The molecule has 0 aromatic carbocycles. The van der Waals surface area contributed by atoms with Crippen molar-refractivity contribution in [2.45, 2.75) is 37.8 Å². The summed E-state index contributed by atoms with van der Waals surface area (Å²) in [6.07, 6.45) is 3.22. The van der Waals surface area contributed by atoms with E-state index in [1.807, 2.05) is 13.8 Å². The van der Waals surface area contributed by atoms with Crippen molar-refractivity contribution < 1.29 is 8.42 Å². The predicted molar refractivity (Wildman–Crippen MR) is 80.4 cm³/mol. The van der Waals surface area contributed by atoms with Gasteiger partial charge in [0.15, 0.2) is 5.03 Å². The molecule has 8 heteroatoms. The molecular weight excluding hydrogens is 300 g/mol. The maximum Gasteiger partial charge on any atom is 0.260 e. The molecular formula is C12H23ClN4O2S. The number of sulfonamides is 1. The highest BCUT2D eigenvalue weighted by Gasteiger charge is 2.31. The number of aromatic nitrogens is 2. The van der Waals surface area contributed by atoms with Crippen molar-refractivity contribution in [3.05, 3.63) is 12.3 Å². The lowest BCUT2D eigenvalue weighted by Gasteiger charge is -2.30. The van der Waals surface area contributed by atoms with Gasteiger partial charge in [0.05, 0.1) is 6.20 Å². The van der Waals surface area contributed by atoms with Gasteiger partial charge in [-0.25, -0.2) is 8.42 Å². The minimum Gasteiger partial charge on any atom is -0.330 e. The smallest absolute Gasteiger partial charge is 0.260 e. The maximum absolute atomic E-state index is 12.6. The van der Waals surface area contributed by atoms with E-state index in [2.05, 4.69) is 5.10 Å². The van der Waals surface area contributed by atoms with E-state index < -0.39 is 10.0 Å². The molecule has 2 N–H and O–H groups in total. The Kier molecular flexibility index (Phi) is 6.00. The molecule has 1 fully saturated rings. The largest absolute Gasteiger partial charge is 0.330 e. The standard InChI is InChI=1S/C12H22N4O2S.ClH/c1-10(2)16-12(3-6-14-16)19(17,18)15-7-4-11(9-13)5-8-15;/h3,6,10-11H,4-5,7-9,13H2,1-2H3;1H. The lowest BCUT2D eigenvalue weighted by Crippen LogP contribution is -2.40. The van der Waals surface area contributed by atoms with Crippen LogP contribution in [0.15, 0.2) is 17.3 Å². The lowest BCUT2D eigenvalue weighted by molar-refractivity contribution is 0.276. The summed E-state index contributed by atoms with van der Waals surface area (Å²) in [5.41, 5.74) is 5.63. The first-order chi connectivity index (χ1) is 8.96. The SMILES string of the molecule is CC(C)n1nccc1S(=O)(=O)N1CCC(CN)CC1.Cl. The quantitative estimate of drug-likeness (QED) is 0.904. The van der Waals surface area contributed by atoms with E-state index in [-0.39, 0.29) is 23.5 Å². The average Bonchev–Trinajstić information content (AvgIpc) is 2.89. The molecule has 0 bridgehead atoms. The molecule has 1 aromatic rings. The van der Waals surface area contributed by atoms with E-state index in [1.165, 1.54) is 0 Å². The molecule has 0 unspecified atom stereocenters. The molecule has 0 atom stereocenters. The zero-order chi connectivity index (χ0) is 14.0. The van der Waals surface area contributed by atoms with Crippen molar-refractivity contribution >= 4 is 22.4 Å². The van der Waals surface area contributed by atoms with Crippen LogP contribution in [0.4, 0.5) is 0 Å². The van der Waals surface area contributed by atoms with Crippen LogP contribution < -0.4 is 5.73 Å². The predicted octanol–water partition coefficient (Wildman–Crippen LogP) is 1.25. The van der Waals surface area contributed by atoms with Crippen LogP contribution in [0, 0.1) is 5.92 Å². The maximum atomic E-state index is 12.6. The fourth-order valence-electron chi connectivity index (χ4n) is 2.41. The summed E-state index contributed by atoms with van der Waals surface area (Å²) in [6, 6.07) is 1.60. The van der Waals surface area contributed by atoms with Crippen LogP contribution in [0.1, 0.15) is 32.7 Å². The topological polar surface area (TPSA) is 81.2 Å². The first kappa shape index (κ1) is 17.4. The van der Waals surface area contributed by atoms with Crippen molar-refractivity contribution in [3.8, 4) is 0 Å². The molecule has 2 heterocycles. The van der Waals surface area contributed by atoms with Crippen LogP contribution in [0.25, 0.3) is 0 Å². The lowest BCUT2D eigenvalue weighted by atomic mass is 9.99. The summed E-state index contributed by atoms with van der Waals surface area (Å²) in [5.74, 6) is 0.446. The second-order valence-electron chi connectivity index (χ2n) is 5.29. The van der Waals surface area contributed by atoms with Gasteiger partial charge in [0.2, 0.25) is 0 Å². The van der Waals surface area contributed by atoms with Gasteiger partial charge in [-0.1, -0.05) is 0 Å². The van der Waals surface area contributed by atoms with Crippen molar-refractivity contribution in [2.75, 3.05) is 19.6 Å². The molecule has 0 amide bonds. The molecule has 1 aliphatic rings. The molecule has 20 heavy (non-hydrogen) atoms. The van der Waals surface area contributed by atoms with Crippen molar-refractivity contribution in [3.63, 3.8) is 0 Å². The second-order valence-corrected chi connectivity index (χ2v) is 7.18. The number of hydrogen-bond donors (Lipinski definition) is 1. The Balaban J connectivity index is 0.00000200. The number of piperidine rings is 1. The Labute approximate surface area is 126 Å². The van der Waals surface area contributed by atoms with E-state index in [4.69, 9.17) is 5.73 Å². The van der Waals surface area contributed by atoms with Crippen LogP contribution in [-0.2, 0) is 10.0 Å². The third kappa shape index (κ3) is 3.33. The van der Waals surface area contributed by atoms with Gasteiger partial charge >= 0.3 is 0 Å². The van der Waals surface area contributed by atoms with Crippen LogP contribution in [0.5, 0.6) is 0 Å². The van der Waals surface area contributed by atoms with E-state index in [9.17, 15) is 8.42 Å². The van der Waals surface area contributed by atoms with Crippen LogP contribution >= 0.6 is 12.4 Å². The van der Waals surface area contributed by atoms with Gasteiger partial charge in [-0.2, -0.15) is 9.40 Å². The Hall–Kier alpha value is -0.630. The number of nitrogens with zero attached hydrogens (tertiary/aromatic N) is 3. The van der Waals surface area contributed by atoms with Crippen LogP contribution in [-0.4, -0.2) is 42.1 Å². The first-order valence-electron chi connectivity index (χ1n) is 6.70. The zero-order valence-corrected chi connectivity index (χ0v) is 13.5. The molecule has 1 saturated heterocycles. The van der Waals surface area contributed by atoms with Gasteiger partial charge in [0, 0.05) is 19.1 Å². The van der Waals surface area contributed by atoms with Crippen molar-refractivity contribution in [1.82, 2.24) is 14.1 Å². The first-order valence-corrected chi connectivity index (χ1v) is 8.14. The van der Waals surface area contributed by atoms with Crippen molar-refractivity contribution in [1.29, 1.82) is 0 Å². The number of rotatable bonds is 4. The molecule has 0 spiro atoms. The molecule has 0 aliphatic carbocycles. The second kappa shape index (κ2) is 6.89. The summed E-state index contributed by atoms with van der Waals surface area (Å²) in [5, 5.41) is 4.38. The Morgan fingerprint density at radius 1 is 1.40 bits per heavy atom. The number of hydrogen-bond acceptors (Lipinski definition) is 4. The van der Waals surface area contributed by atoms with E-state index in [0.717, 1.165) is 12.8 Å². The minimum absolute atomic E-state index is 0. The highest BCUT2D eigenvalue weighted by Crippen LogP contribution is 2.24. The van der Waals surface area contributed by atoms with Gasteiger partial charge in [0.1, 0.15) is 0 Å². The normalized spacial score (nSPS) is 18.2. The van der Waals surface area contributed by atoms with Gasteiger partial charge < -0.3 is 5.73 Å². The highest BCUT2D eigenvalue weighted by atomic mass is 35.5. The molecule has 0 saturated carbocycles. The third-order valence-corrected chi connectivity index (χ3v) is 5.53. The van der Waals surface area contributed by atoms with Gasteiger partial charge in [0.25, 0.3) is 10.0 Å². The molecule has 0 radical (unpaired) electrons. The Bertz CT molecular complexity index is 521. The minimum atomic E-state index is -3.43. The highest BCUT2D eigenvalue weighted by molar-refractivity contribution is 7.89.